The minimum Gasteiger partial charge on any atom is -0.478 e. The van der Waals surface area contributed by atoms with Gasteiger partial charge in [-0.25, -0.2) is 14.6 Å². The Kier molecular flexibility index (Phi) is 3.31. The van der Waals surface area contributed by atoms with E-state index < -0.39 is 11.9 Å². The first-order valence-electron chi connectivity index (χ1n) is 4.05. The second kappa shape index (κ2) is 4.34. The van der Waals surface area contributed by atoms with Crippen LogP contribution in [-0.4, -0.2) is 32.1 Å². The van der Waals surface area contributed by atoms with Crippen LogP contribution in [0.25, 0.3) is 11.0 Å². The van der Waals surface area contributed by atoms with Crippen LogP contribution >= 0.6 is 0 Å². The molecule has 0 atom stereocenters. The molecular weight excluding hydrogens is 264 g/mol. The number of carboxylic acid groups (broad SMARTS) is 2. The number of aromatic carboxylic acids is 2. The third-order valence-electron chi connectivity index (χ3n) is 1.95. The van der Waals surface area contributed by atoms with Crippen LogP contribution in [-0.2, 0) is 17.1 Å². The number of hydrogen-bond acceptors (Lipinski definition) is 3. The molecule has 0 aliphatic heterocycles. The van der Waals surface area contributed by atoms with Crippen molar-refractivity contribution in [2.75, 3.05) is 0 Å². The molecule has 0 aliphatic rings. The Hall–Kier alpha value is -1.85. The van der Waals surface area contributed by atoms with Crippen molar-refractivity contribution in [3.63, 3.8) is 0 Å². The van der Waals surface area contributed by atoms with Crippen LogP contribution in [0.2, 0.25) is 0 Å². The van der Waals surface area contributed by atoms with Crippen LogP contribution in [0, 0.1) is 0 Å². The average molecular weight is 270 g/mol. The Morgan fingerprint density at radius 3 is 2.44 bits per heavy atom. The summed E-state index contributed by atoms with van der Waals surface area (Å²) >= 11 is 0. The van der Waals surface area contributed by atoms with Crippen LogP contribution < -0.4 is 0 Å². The molecule has 0 unspecified atom stereocenters. The molecule has 0 spiro atoms. The molecular formula is C9H6CuN2O4. The van der Waals surface area contributed by atoms with Gasteiger partial charge in [0.15, 0.2) is 0 Å². The number of para-hydroxylation sites is 1. The minimum absolute atomic E-state index is 0. The van der Waals surface area contributed by atoms with Gasteiger partial charge in [-0.1, -0.05) is 6.07 Å². The molecule has 0 saturated carbocycles. The number of hydrogen-bond donors (Lipinski definition) is 3. The van der Waals surface area contributed by atoms with Crippen LogP contribution in [0.3, 0.4) is 0 Å². The second-order valence-electron chi connectivity index (χ2n) is 2.90. The number of benzene rings is 1. The number of fused-ring (bicyclic) bond motifs is 1. The molecule has 16 heavy (non-hydrogen) atoms. The van der Waals surface area contributed by atoms with Gasteiger partial charge < -0.3 is 15.2 Å². The van der Waals surface area contributed by atoms with Crippen molar-refractivity contribution in [2.24, 2.45) is 0 Å². The first-order chi connectivity index (χ1) is 7.09. The molecule has 0 fully saturated rings. The van der Waals surface area contributed by atoms with Gasteiger partial charge in [0, 0.05) is 17.1 Å². The van der Waals surface area contributed by atoms with Crippen molar-refractivity contribution in [3.05, 3.63) is 29.6 Å². The van der Waals surface area contributed by atoms with E-state index in [1.807, 2.05) is 0 Å². The molecule has 1 aromatic carbocycles. The number of carboxylic acids is 2. The molecule has 1 heterocycles. The fourth-order valence-corrected chi connectivity index (χ4v) is 1.31. The Balaban J connectivity index is 0.00000128. The van der Waals surface area contributed by atoms with Gasteiger partial charge in [0.2, 0.25) is 5.82 Å². The monoisotopic (exact) mass is 269 g/mol. The summed E-state index contributed by atoms with van der Waals surface area (Å²) in [5.41, 5.74) is 0.533. The smallest absolute Gasteiger partial charge is 0.371 e. The molecule has 0 bridgehead atoms. The van der Waals surface area contributed by atoms with Gasteiger partial charge in [-0.2, -0.15) is 0 Å². The van der Waals surface area contributed by atoms with E-state index in [0.717, 1.165) is 0 Å². The SMILES string of the molecule is O=C(O)c1nc2c(C(=O)O)cccc2[nH]1.[Cu]. The van der Waals surface area contributed by atoms with E-state index in [1.165, 1.54) is 12.1 Å². The standard InChI is InChI=1S/C9H6N2O4.Cu/c12-8(13)4-2-1-3-5-6(4)11-7(10-5)9(14)15;/h1-3H,(H,10,11)(H,12,13)(H,14,15);. The zero-order valence-electron chi connectivity index (χ0n) is 7.69. The van der Waals surface area contributed by atoms with Crippen molar-refractivity contribution in [2.45, 2.75) is 0 Å². The van der Waals surface area contributed by atoms with E-state index in [9.17, 15) is 9.59 Å². The predicted molar refractivity (Wildman–Crippen MR) is 50.0 cm³/mol. The molecule has 6 nitrogen and oxygen atoms in total. The van der Waals surface area contributed by atoms with Crippen LogP contribution in [0.1, 0.15) is 21.0 Å². The Morgan fingerprint density at radius 1 is 1.19 bits per heavy atom. The van der Waals surface area contributed by atoms with Crippen molar-refractivity contribution in [3.8, 4) is 0 Å². The summed E-state index contributed by atoms with van der Waals surface area (Å²) in [6.45, 7) is 0. The topological polar surface area (TPSA) is 103 Å². The number of nitrogens with one attached hydrogen (secondary N) is 1. The van der Waals surface area contributed by atoms with E-state index in [2.05, 4.69) is 9.97 Å². The van der Waals surface area contributed by atoms with Gasteiger partial charge in [0.1, 0.15) is 5.52 Å². The van der Waals surface area contributed by atoms with E-state index in [-0.39, 0.29) is 34.0 Å². The zero-order chi connectivity index (χ0) is 11.0. The molecule has 1 radical (unpaired) electrons. The van der Waals surface area contributed by atoms with Crippen molar-refractivity contribution >= 4 is 23.0 Å². The van der Waals surface area contributed by atoms with E-state index in [0.29, 0.717) is 5.52 Å². The van der Waals surface area contributed by atoms with E-state index in [1.54, 1.807) is 6.07 Å². The minimum atomic E-state index is -1.22. The van der Waals surface area contributed by atoms with Crippen LogP contribution in [0.4, 0.5) is 0 Å². The largest absolute Gasteiger partial charge is 0.478 e. The molecule has 0 aliphatic carbocycles. The molecule has 2 aromatic rings. The summed E-state index contributed by atoms with van der Waals surface area (Å²) in [5.74, 6) is -2.62. The zero-order valence-corrected chi connectivity index (χ0v) is 8.63. The maximum atomic E-state index is 10.8. The first-order valence-corrected chi connectivity index (χ1v) is 4.05. The van der Waals surface area contributed by atoms with Gasteiger partial charge in [-0.15, -0.1) is 0 Å². The molecule has 7 heteroatoms. The number of H-pyrrole nitrogens is 1. The number of aromatic amines is 1. The van der Waals surface area contributed by atoms with Crippen LogP contribution in [0.15, 0.2) is 18.2 Å². The summed E-state index contributed by atoms with van der Waals surface area (Å²) in [4.78, 5) is 27.6. The maximum absolute atomic E-state index is 10.8. The summed E-state index contributed by atoms with van der Waals surface area (Å²) in [6, 6.07) is 4.47. The molecule has 0 amide bonds. The molecule has 0 saturated heterocycles. The Labute approximate surface area is 99.8 Å². The van der Waals surface area contributed by atoms with E-state index >= 15 is 0 Å². The molecule has 2 rings (SSSR count). The Bertz CT molecular complexity index is 564. The fraction of sp³-hybridized carbons (Fsp3) is 0. The summed E-state index contributed by atoms with van der Waals surface area (Å²) in [6.07, 6.45) is 0. The van der Waals surface area contributed by atoms with Gasteiger partial charge >= 0.3 is 11.9 Å². The molecule has 87 valence electrons. The summed E-state index contributed by atoms with van der Waals surface area (Å²) in [5, 5.41) is 17.5. The van der Waals surface area contributed by atoms with Gasteiger partial charge in [0.25, 0.3) is 0 Å². The third-order valence-corrected chi connectivity index (χ3v) is 1.95. The molecule has 1 aromatic heterocycles. The summed E-state index contributed by atoms with van der Waals surface area (Å²) < 4.78 is 0. The van der Waals surface area contributed by atoms with Gasteiger partial charge in [-0.3, -0.25) is 0 Å². The second-order valence-corrected chi connectivity index (χ2v) is 2.90. The maximum Gasteiger partial charge on any atom is 0.371 e. The average Bonchev–Trinajstić information content (AvgIpc) is 2.60. The van der Waals surface area contributed by atoms with E-state index in [4.69, 9.17) is 10.2 Å². The summed E-state index contributed by atoms with van der Waals surface area (Å²) in [7, 11) is 0. The number of aromatic nitrogens is 2. The number of rotatable bonds is 2. The van der Waals surface area contributed by atoms with Crippen molar-refractivity contribution < 1.29 is 36.9 Å². The van der Waals surface area contributed by atoms with Crippen molar-refractivity contribution in [1.82, 2.24) is 9.97 Å². The molecule has 3 N–H and O–H groups in total. The van der Waals surface area contributed by atoms with Crippen LogP contribution in [0.5, 0.6) is 0 Å². The fourth-order valence-electron chi connectivity index (χ4n) is 1.31. The normalized spacial score (nSPS) is 9.75. The predicted octanol–water partition coefficient (Wildman–Crippen LogP) is 0.957. The van der Waals surface area contributed by atoms with Gasteiger partial charge in [-0.05, 0) is 12.1 Å². The Morgan fingerprint density at radius 2 is 1.88 bits per heavy atom. The quantitative estimate of drug-likeness (QED) is 0.705. The third kappa shape index (κ3) is 1.91. The van der Waals surface area contributed by atoms with Crippen molar-refractivity contribution in [1.29, 1.82) is 0 Å². The first kappa shape index (κ1) is 12.2. The van der Waals surface area contributed by atoms with Gasteiger partial charge in [0.05, 0.1) is 11.1 Å². The number of carbonyl (C=O) groups is 2. The number of nitrogens with zero attached hydrogens (tertiary/aromatic N) is 1. The number of imidazole rings is 1.